The predicted octanol–water partition coefficient (Wildman–Crippen LogP) is 1.92. The SMILES string of the molecule is O=C(NCCC1CC1CO)c1cc2ccccc2[nH]1. The molecule has 1 aliphatic carbocycles. The van der Waals surface area contributed by atoms with Crippen molar-refractivity contribution in [3.63, 3.8) is 0 Å². The van der Waals surface area contributed by atoms with Gasteiger partial charge < -0.3 is 15.4 Å². The Balaban J connectivity index is 1.55. The minimum atomic E-state index is -0.0580. The van der Waals surface area contributed by atoms with Crippen LogP contribution in [0.3, 0.4) is 0 Å². The lowest BCUT2D eigenvalue weighted by Gasteiger charge is -2.02. The molecule has 4 nitrogen and oxygen atoms in total. The van der Waals surface area contributed by atoms with Gasteiger partial charge in [0.15, 0.2) is 0 Å². The summed E-state index contributed by atoms with van der Waals surface area (Å²) in [5, 5.41) is 12.9. The van der Waals surface area contributed by atoms with Crippen molar-refractivity contribution in [2.75, 3.05) is 13.2 Å². The molecule has 1 aliphatic rings. The van der Waals surface area contributed by atoms with Gasteiger partial charge in [-0.05, 0) is 36.8 Å². The van der Waals surface area contributed by atoms with Crippen molar-refractivity contribution in [3.8, 4) is 0 Å². The van der Waals surface area contributed by atoms with Gasteiger partial charge in [-0.3, -0.25) is 4.79 Å². The number of aliphatic hydroxyl groups excluding tert-OH is 1. The van der Waals surface area contributed by atoms with Crippen LogP contribution in [0.15, 0.2) is 30.3 Å². The summed E-state index contributed by atoms with van der Waals surface area (Å²) in [5.41, 5.74) is 1.59. The highest BCUT2D eigenvalue weighted by molar-refractivity contribution is 5.97. The highest BCUT2D eigenvalue weighted by atomic mass is 16.3. The standard InChI is InChI=1S/C15H18N2O2/c18-9-12-7-10(12)5-6-16-15(19)14-8-11-3-1-2-4-13(11)17-14/h1-4,8,10,12,17-18H,5-7,9H2,(H,16,19). The number of hydrogen-bond donors (Lipinski definition) is 3. The quantitative estimate of drug-likeness (QED) is 0.767. The summed E-state index contributed by atoms with van der Waals surface area (Å²) in [4.78, 5) is 15.1. The van der Waals surface area contributed by atoms with E-state index in [1.807, 2.05) is 30.3 Å². The van der Waals surface area contributed by atoms with E-state index in [-0.39, 0.29) is 12.5 Å². The molecule has 100 valence electrons. The van der Waals surface area contributed by atoms with E-state index in [2.05, 4.69) is 10.3 Å². The number of rotatable bonds is 5. The molecule has 0 bridgehead atoms. The fourth-order valence-corrected chi connectivity index (χ4v) is 2.55. The normalized spacial score (nSPS) is 21.5. The topological polar surface area (TPSA) is 65.1 Å². The third-order valence-corrected chi connectivity index (χ3v) is 3.88. The Labute approximate surface area is 111 Å². The van der Waals surface area contributed by atoms with Gasteiger partial charge in [-0.25, -0.2) is 0 Å². The second-order valence-corrected chi connectivity index (χ2v) is 5.25. The molecule has 1 saturated carbocycles. The summed E-state index contributed by atoms with van der Waals surface area (Å²) in [7, 11) is 0. The number of aromatic nitrogens is 1. The van der Waals surface area contributed by atoms with Crippen LogP contribution in [0.2, 0.25) is 0 Å². The number of para-hydroxylation sites is 1. The van der Waals surface area contributed by atoms with E-state index in [0.717, 1.165) is 23.7 Å². The number of aromatic amines is 1. The highest BCUT2D eigenvalue weighted by Crippen LogP contribution is 2.40. The molecule has 1 heterocycles. The summed E-state index contributed by atoms with van der Waals surface area (Å²) in [6, 6.07) is 9.72. The molecule has 1 fully saturated rings. The zero-order chi connectivity index (χ0) is 13.2. The van der Waals surface area contributed by atoms with Crippen molar-refractivity contribution >= 4 is 16.8 Å². The van der Waals surface area contributed by atoms with Gasteiger partial charge in [0.05, 0.1) is 0 Å². The van der Waals surface area contributed by atoms with E-state index in [1.165, 1.54) is 0 Å². The molecule has 0 aliphatic heterocycles. The van der Waals surface area contributed by atoms with Crippen molar-refractivity contribution in [1.82, 2.24) is 10.3 Å². The van der Waals surface area contributed by atoms with Crippen LogP contribution in [0, 0.1) is 11.8 Å². The Morgan fingerprint density at radius 1 is 1.37 bits per heavy atom. The average molecular weight is 258 g/mol. The summed E-state index contributed by atoms with van der Waals surface area (Å²) >= 11 is 0. The van der Waals surface area contributed by atoms with E-state index >= 15 is 0 Å². The van der Waals surface area contributed by atoms with Crippen molar-refractivity contribution in [2.24, 2.45) is 11.8 Å². The molecule has 3 N–H and O–H groups in total. The second-order valence-electron chi connectivity index (χ2n) is 5.25. The largest absolute Gasteiger partial charge is 0.396 e. The molecular formula is C15H18N2O2. The Hall–Kier alpha value is -1.81. The first-order valence-corrected chi connectivity index (χ1v) is 6.74. The molecule has 2 aromatic rings. The summed E-state index contributed by atoms with van der Waals surface area (Å²) in [6.07, 6.45) is 2.05. The van der Waals surface area contributed by atoms with Gasteiger partial charge in [-0.2, -0.15) is 0 Å². The van der Waals surface area contributed by atoms with Gasteiger partial charge in [-0.1, -0.05) is 18.2 Å². The zero-order valence-electron chi connectivity index (χ0n) is 10.7. The van der Waals surface area contributed by atoms with Crippen LogP contribution in [-0.2, 0) is 0 Å². The summed E-state index contributed by atoms with van der Waals surface area (Å²) in [5.74, 6) is 0.996. The molecule has 0 saturated heterocycles. The number of aliphatic hydroxyl groups is 1. The van der Waals surface area contributed by atoms with Gasteiger partial charge in [0, 0.05) is 24.1 Å². The Bertz CT molecular complexity index is 558. The minimum Gasteiger partial charge on any atom is -0.396 e. The van der Waals surface area contributed by atoms with E-state index in [4.69, 9.17) is 5.11 Å². The van der Waals surface area contributed by atoms with Gasteiger partial charge in [0.25, 0.3) is 5.91 Å². The summed E-state index contributed by atoms with van der Waals surface area (Å²) in [6.45, 7) is 0.954. The number of benzene rings is 1. The molecule has 2 unspecified atom stereocenters. The summed E-state index contributed by atoms with van der Waals surface area (Å²) < 4.78 is 0. The average Bonchev–Trinajstić information content (AvgIpc) is 3.05. The maximum atomic E-state index is 12.0. The number of amides is 1. The van der Waals surface area contributed by atoms with Crippen LogP contribution >= 0.6 is 0 Å². The Morgan fingerprint density at radius 2 is 2.21 bits per heavy atom. The molecule has 3 rings (SSSR count). The molecule has 0 spiro atoms. The molecule has 2 atom stereocenters. The van der Waals surface area contributed by atoms with Crippen LogP contribution < -0.4 is 5.32 Å². The van der Waals surface area contributed by atoms with Gasteiger partial charge in [0.1, 0.15) is 5.69 Å². The van der Waals surface area contributed by atoms with Crippen LogP contribution in [0.4, 0.5) is 0 Å². The van der Waals surface area contributed by atoms with Crippen LogP contribution in [0.1, 0.15) is 23.3 Å². The molecule has 0 radical (unpaired) electrons. The van der Waals surface area contributed by atoms with Crippen molar-refractivity contribution in [2.45, 2.75) is 12.8 Å². The highest BCUT2D eigenvalue weighted by Gasteiger charge is 2.35. The minimum absolute atomic E-state index is 0.0580. The van der Waals surface area contributed by atoms with Crippen molar-refractivity contribution in [1.29, 1.82) is 0 Å². The maximum absolute atomic E-state index is 12.0. The third-order valence-electron chi connectivity index (χ3n) is 3.88. The monoisotopic (exact) mass is 258 g/mol. The molecule has 4 heteroatoms. The fourth-order valence-electron chi connectivity index (χ4n) is 2.55. The zero-order valence-corrected chi connectivity index (χ0v) is 10.7. The lowest BCUT2D eigenvalue weighted by atomic mass is 10.2. The lowest BCUT2D eigenvalue weighted by molar-refractivity contribution is 0.0948. The molecule has 19 heavy (non-hydrogen) atoms. The smallest absolute Gasteiger partial charge is 0.267 e. The van der Waals surface area contributed by atoms with E-state index < -0.39 is 0 Å². The molecule has 1 aromatic carbocycles. The first kappa shape index (κ1) is 12.2. The van der Waals surface area contributed by atoms with Crippen LogP contribution in [-0.4, -0.2) is 29.1 Å². The lowest BCUT2D eigenvalue weighted by Crippen LogP contribution is -2.25. The van der Waals surface area contributed by atoms with Gasteiger partial charge in [-0.15, -0.1) is 0 Å². The molecule has 1 aromatic heterocycles. The second kappa shape index (κ2) is 5.05. The molecular weight excluding hydrogens is 240 g/mol. The van der Waals surface area contributed by atoms with Crippen molar-refractivity contribution < 1.29 is 9.90 Å². The van der Waals surface area contributed by atoms with Gasteiger partial charge in [0.2, 0.25) is 0 Å². The van der Waals surface area contributed by atoms with E-state index in [1.54, 1.807) is 0 Å². The number of nitrogens with one attached hydrogen (secondary N) is 2. The number of carbonyl (C=O) groups is 1. The van der Waals surface area contributed by atoms with E-state index in [0.29, 0.717) is 24.1 Å². The Morgan fingerprint density at radius 3 is 2.95 bits per heavy atom. The predicted molar refractivity (Wildman–Crippen MR) is 73.9 cm³/mol. The maximum Gasteiger partial charge on any atom is 0.267 e. The van der Waals surface area contributed by atoms with Crippen LogP contribution in [0.5, 0.6) is 0 Å². The number of fused-ring (bicyclic) bond motifs is 1. The first-order chi connectivity index (χ1) is 9.28. The Kier molecular flexibility index (Phi) is 3.25. The number of H-pyrrole nitrogens is 1. The first-order valence-electron chi connectivity index (χ1n) is 6.74. The fraction of sp³-hybridized carbons (Fsp3) is 0.400. The number of hydrogen-bond acceptors (Lipinski definition) is 2. The van der Waals surface area contributed by atoms with Crippen molar-refractivity contribution in [3.05, 3.63) is 36.0 Å². The third kappa shape index (κ3) is 2.63. The van der Waals surface area contributed by atoms with E-state index in [9.17, 15) is 4.79 Å². The van der Waals surface area contributed by atoms with Gasteiger partial charge >= 0.3 is 0 Å². The van der Waals surface area contributed by atoms with Crippen LogP contribution in [0.25, 0.3) is 10.9 Å². The molecule has 1 amide bonds. The number of carbonyl (C=O) groups excluding carboxylic acids is 1.